The second-order valence-electron chi connectivity index (χ2n) is 5.64. The zero-order valence-corrected chi connectivity index (χ0v) is 13.7. The molecule has 1 aromatic carbocycles. The minimum Gasteiger partial charge on any atom is -0.342 e. The standard InChI is InChI=1S/C16H19F2N3O3/c1-4-20(5-2)13(22)9-21-14(23)16(3,19-15(21)24)10-6-7-11(17)12(18)8-10/h6-8H,4-5,9H2,1-3H3,(H,19,24). The molecule has 0 radical (unpaired) electrons. The topological polar surface area (TPSA) is 69.7 Å². The first-order valence-corrected chi connectivity index (χ1v) is 7.62. The van der Waals surface area contributed by atoms with Crippen molar-refractivity contribution in [2.75, 3.05) is 19.6 Å². The molecule has 130 valence electrons. The highest BCUT2D eigenvalue weighted by Gasteiger charge is 2.49. The minimum atomic E-state index is -1.55. The van der Waals surface area contributed by atoms with E-state index in [2.05, 4.69) is 5.32 Å². The summed E-state index contributed by atoms with van der Waals surface area (Å²) < 4.78 is 26.6. The molecule has 1 aliphatic heterocycles. The fourth-order valence-corrected chi connectivity index (χ4v) is 2.65. The molecule has 4 amide bonds. The normalized spacial score (nSPS) is 20.3. The van der Waals surface area contributed by atoms with Crippen molar-refractivity contribution in [1.29, 1.82) is 0 Å². The quantitative estimate of drug-likeness (QED) is 0.829. The second-order valence-corrected chi connectivity index (χ2v) is 5.64. The van der Waals surface area contributed by atoms with Gasteiger partial charge in [-0.25, -0.2) is 13.6 Å². The molecule has 0 saturated carbocycles. The van der Waals surface area contributed by atoms with Crippen LogP contribution in [-0.2, 0) is 15.1 Å². The highest BCUT2D eigenvalue weighted by molar-refractivity contribution is 6.09. The maximum Gasteiger partial charge on any atom is 0.325 e. The third-order valence-electron chi connectivity index (χ3n) is 4.18. The molecule has 1 aromatic rings. The maximum absolute atomic E-state index is 13.5. The van der Waals surface area contributed by atoms with E-state index >= 15 is 0 Å². The highest BCUT2D eigenvalue weighted by atomic mass is 19.2. The Morgan fingerprint density at radius 3 is 2.38 bits per heavy atom. The second kappa shape index (κ2) is 6.54. The molecule has 24 heavy (non-hydrogen) atoms. The Labute approximate surface area is 138 Å². The summed E-state index contributed by atoms with van der Waals surface area (Å²) in [5.41, 5.74) is -1.44. The molecule has 1 aliphatic rings. The molecule has 8 heteroatoms. The number of urea groups is 1. The fraction of sp³-hybridized carbons (Fsp3) is 0.438. The summed E-state index contributed by atoms with van der Waals surface area (Å²) >= 11 is 0. The molecule has 2 rings (SSSR count). The summed E-state index contributed by atoms with van der Waals surface area (Å²) in [6.45, 7) is 5.49. The average molecular weight is 339 g/mol. The van der Waals surface area contributed by atoms with Crippen LogP contribution in [0.2, 0.25) is 0 Å². The van der Waals surface area contributed by atoms with Crippen molar-refractivity contribution >= 4 is 17.8 Å². The summed E-state index contributed by atoms with van der Waals surface area (Å²) in [6, 6.07) is 2.24. The molecular weight excluding hydrogens is 320 g/mol. The number of carbonyl (C=O) groups excluding carboxylic acids is 3. The van der Waals surface area contributed by atoms with E-state index in [4.69, 9.17) is 0 Å². The molecule has 0 aromatic heterocycles. The summed E-state index contributed by atoms with van der Waals surface area (Å²) in [6.07, 6.45) is 0. The zero-order chi connectivity index (χ0) is 18.1. The lowest BCUT2D eigenvalue weighted by Crippen LogP contribution is -2.44. The third-order valence-corrected chi connectivity index (χ3v) is 4.18. The fourth-order valence-electron chi connectivity index (χ4n) is 2.65. The molecule has 1 atom stereocenters. The first-order chi connectivity index (χ1) is 11.2. The molecule has 1 saturated heterocycles. The Hall–Kier alpha value is -2.51. The van der Waals surface area contributed by atoms with E-state index in [1.165, 1.54) is 17.9 Å². The zero-order valence-electron chi connectivity index (χ0n) is 13.7. The van der Waals surface area contributed by atoms with E-state index < -0.39 is 35.7 Å². The van der Waals surface area contributed by atoms with Crippen LogP contribution in [0.1, 0.15) is 26.3 Å². The average Bonchev–Trinajstić information content (AvgIpc) is 2.75. The first-order valence-electron chi connectivity index (χ1n) is 7.62. The predicted octanol–water partition coefficient (Wildman–Crippen LogP) is 1.60. The molecule has 1 heterocycles. The van der Waals surface area contributed by atoms with Crippen molar-refractivity contribution in [3.8, 4) is 0 Å². The van der Waals surface area contributed by atoms with E-state index in [1.54, 1.807) is 13.8 Å². The van der Waals surface area contributed by atoms with Crippen LogP contribution in [0.25, 0.3) is 0 Å². The number of hydrogen-bond donors (Lipinski definition) is 1. The number of nitrogens with zero attached hydrogens (tertiary/aromatic N) is 2. The van der Waals surface area contributed by atoms with Crippen molar-refractivity contribution in [2.45, 2.75) is 26.3 Å². The Balaban J connectivity index is 2.27. The highest BCUT2D eigenvalue weighted by Crippen LogP contribution is 2.29. The minimum absolute atomic E-state index is 0.109. The van der Waals surface area contributed by atoms with Gasteiger partial charge in [-0.15, -0.1) is 0 Å². The van der Waals surface area contributed by atoms with Gasteiger partial charge in [0.1, 0.15) is 12.1 Å². The third kappa shape index (κ3) is 2.95. The van der Waals surface area contributed by atoms with Gasteiger partial charge in [-0.3, -0.25) is 14.5 Å². The van der Waals surface area contributed by atoms with Crippen LogP contribution >= 0.6 is 0 Å². The number of amides is 4. The van der Waals surface area contributed by atoms with Crippen LogP contribution in [0, 0.1) is 11.6 Å². The lowest BCUT2D eigenvalue weighted by molar-refractivity contribution is -0.138. The van der Waals surface area contributed by atoms with Crippen LogP contribution in [0.5, 0.6) is 0 Å². The van der Waals surface area contributed by atoms with Crippen molar-refractivity contribution < 1.29 is 23.2 Å². The van der Waals surface area contributed by atoms with Gasteiger partial charge in [-0.05, 0) is 38.5 Å². The molecular formula is C16H19F2N3O3. The number of carbonyl (C=O) groups is 3. The van der Waals surface area contributed by atoms with Crippen LogP contribution < -0.4 is 5.32 Å². The number of rotatable bonds is 5. The van der Waals surface area contributed by atoms with Crippen molar-refractivity contribution in [3.63, 3.8) is 0 Å². The molecule has 1 unspecified atom stereocenters. The van der Waals surface area contributed by atoms with Gasteiger partial charge >= 0.3 is 6.03 Å². The van der Waals surface area contributed by atoms with Gasteiger partial charge < -0.3 is 10.2 Å². The monoisotopic (exact) mass is 339 g/mol. The molecule has 0 aliphatic carbocycles. The van der Waals surface area contributed by atoms with Crippen molar-refractivity contribution in [1.82, 2.24) is 15.1 Å². The van der Waals surface area contributed by atoms with E-state index in [0.29, 0.717) is 13.1 Å². The van der Waals surface area contributed by atoms with Crippen LogP contribution in [-0.4, -0.2) is 47.3 Å². The van der Waals surface area contributed by atoms with Crippen LogP contribution in [0.15, 0.2) is 18.2 Å². The smallest absolute Gasteiger partial charge is 0.325 e. The van der Waals surface area contributed by atoms with Gasteiger partial charge in [0, 0.05) is 13.1 Å². The number of halogens is 2. The van der Waals surface area contributed by atoms with Crippen LogP contribution in [0.4, 0.5) is 13.6 Å². The Kier molecular flexibility index (Phi) is 4.86. The molecule has 6 nitrogen and oxygen atoms in total. The summed E-state index contributed by atoms with van der Waals surface area (Å²) in [5.74, 6) is -3.21. The summed E-state index contributed by atoms with van der Waals surface area (Å²) in [5, 5.41) is 2.45. The summed E-state index contributed by atoms with van der Waals surface area (Å²) in [7, 11) is 0. The Morgan fingerprint density at radius 1 is 1.21 bits per heavy atom. The van der Waals surface area contributed by atoms with Gasteiger partial charge in [0.25, 0.3) is 5.91 Å². The number of nitrogens with one attached hydrogen (secondary N) is 1. The Bertz CT molecular complexity index is 691. The lowest BCUT2D eigenvalue weighted by atomic mass is 9.92. The summed E-state index contributed by atoms with van der Waals surface area (Å²) in [4.78, 5) is 39.2. The van der Waals surface area contributed by atoms with Crippen molar-refractivity contribution in [3.05, 3.63) is 35.4 Å². The van der Waals surface area contributed by atoms with E-state index in [9.17, 15) is 23.2 Å². The first kappa shape index (κ1) is 17.8. The van der Waals surface area contributed by atoms with Gasteiger partial charge in [-0.2, -0.15) is 0 Å². The molecule has 1 fully saturated rings. The van der Waals surface area contributed by atoms with Gasteiger partial charge in [-0.1, -0.05) is 6.07 Å². The van der Waals surface area contributed by atoms with Gasteiger partial charge in [0.2, 0.25) is 5.91 Å². The van der Waals surface area contributed by atoms with E-state index in [1.807, 2.05) is 0 Å². The van der Waals surface area contributed by atoms with Crippen LogP contribution in [0.3, 0.4) is 0 Å². The molecule has 1 N–H and O–H groups in total. The number of hydrogen-bond acceptors (Lipinski definition) is 3. The lowest BCUT2D eigenvalue weighted by Gasteiger charge is -2.24. The number of likely N-dealkylation sites (N-methyl/N-ethyl adjacent to an activating group) is 1. The van der Waals surface area contributed by atoms with Gasteiger partial charge in [0.05, 0.1) is 0 Å². The van der Waals surface area contributed by atoms with Gasteiger partial charge in [0.15, 0.2) is 11.6 Å². The Morgan fingerprint density at radius 2 is 1.83 bits per heavy atom. The van der Waals surface area contributed by atoms with E-state index in [0.717, 1.165) is 17.0 Å². The number of imide groups is 1. The molecule has 0 bridgehead atoms. The maximum atomic E-state index is 13.5. The SMILES string of the molecule is CCN(CC)C(=O)CN1C(=O)NC(C)(c2ccc(F)c(F)c2)C1=O. The number of benzene rings is 1. The van der Waals surface area contributed by atoms with Crippen molar-refractivity contribution in [2.24, 2.45) is 0 Å². The largest absolute Gasteiger partial charge is 0.342 e. The molecule has 0 spiro atoms. The van der Waals surface area contributed by atoms with E-state index in [-0.39, 0.29) is 11.5 Å². The predicted molar refractivity (Wildman–Crippen MR) is 81.9 cm³/mol.